The molecule has 2 unspecified atom stereocenters. The Labute approximate surface area is 112 Å². The van der Waals surface area contributed by atoms with Crippen molar-refractivity contribution in [3.8, 4) is 0 Å². The van der Waals surface area contributed by atoms with E-state index in [1.165, 1.54) is 0 Å². The molecule has 1 saturated heterocycles. The Morgan fingerprint density at radius 3 is 2.47 bits per heavy atom. The van der Waals surface area contributed by atoms with Crippen molar-refractivity contribution in [1.29, 1.82) is 0 Å². The van der Waals surface area contributed by atoms with E-state index in [1.807, 2.05) is 20.9 Å². The highest BCUT2D eigenvalue weighted by molar-refractivity contribution is 5.81. The molecule has 0 bridgehead atoms. The van der Waals surface area contributed by atoms with E-state index in [1.54, 1.807) is 16.6 Å². The highest BCUT2D eigenvalue weighted by atomic mass is 16.4. The number of carbonyl (C=O) groups is 2. The Morgan fingerprint density at radius 1 is 1.37 bits per heavy atom. The third-order valence-corrected chi connectivity index (χ3v) is 4.04. The summed E-state index contributed by atoms with van der Waals surface area (Å²) in [6.07, 6.45) is 0.680. The summed E-state index contributed by atoms with van der Waals surface area (Å²) in [6, 6.07) is -0.424. The van der Waals surface area contributed by atoms with Crippen molar-refractivity contribution in [3.63, 3.8) is 0 Å². The van der Waals surface area contributed by atoms with Crippen molar-refractivity contribution in [2.45, 2.75) is 32.7 Å². The maximum absolute atomic E-state index is 11.9. The zero-order chi connectivity index (χ0) is 14.3. The Kier molecular flexibility index (Phi) is 3.34. The summed E-state index contributed by atoms with van der Waals surface area (Å²) in [7, 11) is 3.50. The first-order chi connectivity index (χ1) is 8.84. The number of carbonyl (C=O) groups excluding carboxylic acids is 1. The van der Waals surface area contributed by atoms with E-state index in [0.29, 0.717) is 12.8 Å². The van der Waals surface area contributed by atoms with Gasteiger partial charge >= 0.3 is 5.97 Å². The normalized spacial score (nSPS) is 23.8. The quantitative estimate of drug-likeness (QED) is 0.866. The molecule has 19 heavy (non-hydrogen) atoms. The van der Waals surface area contributed by atoms with Gasteiger partial charge in [0.2, 0.25) is 5.91 Å². The van der Waals surface area contributed by atoms with Crippen LogP contribution in [0.5, 0.6) is 0 Å². The molecule has 1 aromatic heterocycles. The molecule has 1 aromatic rings. The molecule has 104 valence electrons. The van der Waals surface area contributed by atoms with Crippen molar-refractivity contribution in [2.75, 3.05) is 7.05 Å². The molecule has 6 nitrogen and oxygen atoms in total. The van der Waals surface area contributed by atoms with Crippen LogP contribution in [0.1, 0.15) is 35.8 Å². The second kappa shape index (κ2) is 4.68. The van der Waals surface area contributed by atoms with E-state index in [2.05, 4.69) is 5.10 Å². The van der Waals surface area contributed by atoms with E-state index >= 15 is 0 Å². The average molecular weight is 265 g/mol. The molecule has 0 aliphatic carbocycles. The van der Waals surface area contributed by atoms with Crippen LogP contribution in [0.3, 0.4) is 0 Å². The summed E-state index contributed by atoms with van der Waals surface area (Å²) >= 11 is 0. The topological polar surface area (TPSA) is 75.4 Å². The van der Waals surface area contributed by atoms with Crippen molar-refractivity contribution < 1.29 is 14.7 Å². The number of aliphatic carboxylic acids is 1. The largest absolute Gasteiger partial charge is 0.481 e. The number of hydrogen-bond donors (Lipinski definition) is 1. The van der Waals surface area contributed by atoms with Gasteiger partial charge in [0, 0.05) is 31.8 Å². The molecule has 2 rings (SSSR count). The van der Waals surface area contributed by atoms with E-state index in [9.17, 15) is 14.7 Å². The first-order valence-electron chi connectivity index (χ1n) is 6.33. The van der Waals surface area contributed by atoms with Crippen LogP contribution in [0.2, 0.25) is 0 Å². The SMILES string of the molecule is Cc1nn(C)c(C)c1C1C(C(=O)O)CCC(=O)N1C. The average Bonchev–Trinajstić information content (AvgIpc) is 2.57. The minimum Gasteiger partial charge on any atom is -0.481 e. The van der Waals surface area contributed by atoms with Gasteiger partial charge in [0.05, 0.1) is 17.7 Å². The number of aromatic nitrogens is 2. The van der Waals surface area contributed by atoms with Crippen molar-refractivity contribution in [1.82, 2.24) is 14.7 Å². The molecule has 1 aliphatic rings. The third kappa shape index (κ3) is 2.11. The Hall–Kier alpha value is -1.85. The summed E-state index contributed by atoms with van der Waals surface area (Å²) in [5, 5.41) is 13.7. The van der Waals surface area contributed by atoms with Crippen LogP contribution < -0.4 is 0 Å². The second-order valence-corrected chi connectivity index (χ2v) is 5.14. The van der Waals surface area contributed by atoms with Gasteiger partial charge in [-0.2, -0.15) is 5.10 Å². The van der Waals surface area contributed by atoms with Crippen LogP contribution in [0.15, 0.2) is 0 Å². The number of likely N-dealkylation sites (tertiary alicyclic amines) is 1. The Balaban J connectivity index is 2.53. The number of hydrogen-bond acceptors (Lipinski definition) is 3. The van der Waals surface area contributed by atoms with Crippen molar-refractivity contribution in [3.05, 3.63) is 17.0 Å². The fraction of sp³-hybridized carbons (Fsp3) is 0.615. The summed E-state index contributed by atoms with van der Waals surface area (Å²) in [5.74, 6) is -1.43. The molecule has 0 radical (unpaired) electrons. The van der Waals surface area contributed by atoms with Crippen LogP contribution in [-0.2, 0) is 16.6 Å². The lowest BCUT2D eigenvalue weighted by Gasteiger charge is -2.37. The molecule has 1 amide bonds. The van der Waals surface area contributed by atoms with Crippen LogP contribution in [-0.4, -0.2) is 38.7 Å². The van der Waals surface area contributed by atoms with Crippen LogP contribution in [0, 0.1) is 19.8 Å². The number of nitrogens with zero attached hydrogens (tertiary/aromatic N) is 3. The molecular weight excluding hydrogens is 246 g/mol. The number of piperidine rings is 1. The number of rotatable bonds is 2. The predicted octanol–water partition coefficient (Wildman–Crippen LogP) is 1.03. The fourth-order valence-electron chi connectivity index (χ4n) is 2.91. The first kappa shape index (κ1) is 13.6. The minimum atomic E-state index is -0.855. The van der Waals surface area contributed by atoms with Gasteiger partial charge in [0.1, 0.15) is 0 Å². The molecule has 0 spiro atoms. The maximum atomic E-state index is 11.9. The van der Waals surface area contributed by atoms with E-state index in [-0.39, 0.29) is 5.91 Å². The summed E-state index contributed by atoms with van der Waals surface area (Å²) in [5.41, 5.74) is 2.57. The maximum Gasteiger partial charge on any atom is 0.308 e. The van der Waals surface area contributed by atoms with Gasteiger partial charge in [0.25, 0.3) is 0 Å². The lowest BCUT2D eigenvalue weighted by atomic mass is 9.84. The van der Waals surface area contributed by atoms with Crippen LogP contribution in [0.25, 0.3) is 0 Å². The lowest BCUT2D eigenvalue weighted by molar-refractivity contribution is -0.150. The molecule has 1 N–H and O–H groups in total. The Morgan fingerprint density at radius 2 is 2.00 bits per heavy atom. The van der Waals surface area contributed by atoms with Crippen molar-refractivity contribution in [2.24, 2.45) is 13.0 Å². The Bertz CT molecular complexity index is 535. The molecule has 6 heteroatoms. The summed E-state index contributed by atoms with van der Waals surface area (Å²) in [6.45, 7) is 3.76. The molecule has 0 aromatic carbocycles. The predicted molar refractivity (Wildman–Crippen MR) is 68.6 cm³/mol. The van der Waals surface area contributed by atoms with E-state index in [0.717, 1.165) is 17.0 Å². The van der Waals surface area contributed by atoms with Gasteiger partial charge < -0.3 is 10.0 Å². The van der Waals surface area contributed by atoms with E-state index < -0.39 is 17.9 Å². The minimum absolute atomic E-state index is 0.00912. The third-order valence-electron chi connectivity index (χ3n) is 4.04. The van der Waals surface area contributed by atoms with Gasteiger partial charge in [-0.15, -0.1) is 0 Å². The van der Waals surface area contributed by atoms with Gasteiger partial charge in [-0.25, -0.2) is 0 Å². The van der Waals surface area contributed by atoms with Gasteiger partial charge in [-0.05, 0) is 20.3 Å². The molecule has 0 saturated carbocycles. The van der Waals surface area contributed by atoms with Gasteiger partial charge in [-0.3, -0.25) is 14.3 Å². The number of carboxylic acids is 1. The van der Waals surface area contributed by atoms with Crippen molar-refractivity contribution >= 4 is 11.9 Å². The summed E-state index contributed by atoms with van der Waals surface area (Å²) < 4.78 is 1.73. The smallest absolute Gasteiger partial charge is 0.308 e. The van der Waals surface area contributed by atoms with Gasteiger partial charge in [0.15, 0.2) is 0 Å². The number of carboxylic acid groups (broad SMARTS) is 1. The highest BCUT2D eigenvalue weighted by Crippen LogP contribution is 2.38. The molecule has 1 aliphatic heterocycles. The monoisotopic (exact) mass is 265 g/mol. The zero-order valence-corrected chi connectivity index (χ0v) is 11.7. The molecule has 2 atom stereocenters. The zero-order valence-electron chi connectivity index (χ0n) is 11.7. The van der Waals surface area contributed by atoms with Crippen LogP contribution >= 0.6 is 0 Å². The second-order valence-electron chi connectivity index (χ2n) is 5.14. The highest BCUT2D eigenvalue weighted by Gasteiger charge is 2.41. The molecular formula is C13H19N3O3. The fourth-order valence-corrected chi connectivity index (χ4v) is 2.91. The summed E-state index contributed by atoms with van der Waals surface area (Å²) in [4.78, 5) is 24.9. The lowest BCUT2D eigenvalue weighted by Crippen LogP contribution is -2.43. The number of amides is 1. The van der Waals surface area contributed by atoms with Gasteiger partial charge in [-0.1, -0.05) is 0 Å². The number of aryl methyl sites for hydroxylation is 2. The molecule has 1 fully saturated rings. The van der Waals surface area contributed by atoms with Crippen LogP contribution in [0.4, 0.5) is 0 Å². The first-order valence-corrected chi connectivity index (χ1v) is 6.33. The standard InChI is InChI=1S/C13H19N3O3/c1-7-11(8(2)16(4)14-7)12-9(13(18)19)5-6-10(17)15(12)3/h9,12H,5-6H2,1-4H3,(H,18,19). The van der Waals surface area contributed by atoms with E-state index in [4.69, 9.17) is 0 Å². The molecule has 2 heterocycles.